The average molecular weight is 213 g/mol. The summed E-state index contributed by atoms with van der Waals surface area (Å²) in [7, 11) is 0. The summed E-state index contributed by atoms with van der Waals surface area (Å²) in [5.41, 5.74) is 0. The van der Waals surface area contributed by atoms with E-state index in [1.807, 2.05) is 6.92 Å². The van der Waals surface area contributed by atoms with Crippen LogP contribution in [0.3, 0.4) is 0 Å². The van der Waals surface area contributed by atoms with Crippen LogP contribution in [-0.4, -0.2) is 36.5 Å². The molecule has 1 saturated heterocycles. The van der Waals surface area contributed by atoms with E-state index in [-0.39, 0.29) is 12.0 Å². The van der Waals surface area contributed by atoms with Crippen molar-refractivity contribution in [3.8, 4) is 0 Å². The fourth-order valence-corrected chi connectivity index (χ4v) is 1.75. The van der Waals surface area contributed by atoms with Gasteiger partial charge in [0.25, 0.3) is 0 Å². The third-order valence-electron chi connectivity index (χ3n) is 2.69. The molecule has 1 unspecified atom stereocenters. The molecule has 0 N–H and O–H groups in total. The second-order valence-corrected chi connectivity index (χ2v) is 3.88. The molecule has 15 heavy (non-hydrogen) atoms. The van der Waals surface area contributed by atoms with E-state index in [0.29, 0.717) is 13.2 Å². The summed E-state index contributed by atoms with van der Waals surface area (Å²) in [5.74, 6) is -0.241. The lowest BCUT2D eigenvalue weighted by Crippen LogP contribution is -2.44. The number of rotatable bonds is 5. The summed E-state index contributed by atoms with van der Waals surface area (Å²) >= 11 is 0. The van der Waals surface area contributed by atoms with Gasteiger partial charge in [0, 0.05) is 6.54 Å². The largest absolute Gasteiger partial charge is 0.464 e. The van der Waals surface area contributed by atoms with Crippen molar-refractivity contribution in [3.63, 3.8) is 0 Å². The van der Waals surface area contributed by atoms with Crippen molar-refractivity contribution >= 4 is 12.4 Å². The number of hydrogen-bond acceptors (Lipinski definition) is 3. The summed E-state index contributed by atoms with van der Waals surface area (Å²) in [6.45, 7) is 3.20. The molecule has 4 nitrogen and oxygen atoms in total. The molecule has 0 aromatic carbocycles. The van der Waals surface area contributed by atoms with E-state index in [1.165, 1.54) is 0 Å². The van der Waals surface area contributed by atoms with E-state index in [9.17, 15) is 9.59 Å². The summed E-state index contributed by atoms with van der Waals surface area (Å²) in [5, 5.41) is 0. The molecule has 86 valence electrons. The van der Waals surface area contributed by atoms with Gasteiger partial charge in [-0.1, -0.05) is 13.3 Å². The third kappa shape index (κ3) is 3.53. The Hall–Kier alpha value is -1.06. The number of amides is 1. The highest BCUT2D eigenvalue weighted by Crippen LogP contribution is 2.16. The molecule has 0 aromatic rings. The predicted octanol–water partition coefficient (Wildman–Crippen LogP) is 1.34. The molecule has 1 rings (SSSR count). The monoisotopic (exact) mass is 213 g/mol. The molecule has 0 aromatic heterocycles. The molecule has 1 atom stereocenters. The van der Waals surface area contributed by atoms with Crippen LogP contribution in [0, 0.1) is 0 Å². The maximum Gasteiger partial charge on any atom is 0.328 e. The maximum atomic E-state index is 11.6. The zero-order valence-electron chi connectivity index (χ0n) is 9.28. The summed E-state index contributed by atoms with van der Waals surface area (Å²) in [4.78, 5) is 23.9. The lowest BCUT2D eigenvalue weighted by molar-refractivity contribution is -0.153. The highest BCUT2D eigenvalue weighted by atomic mass is 16.5. The number of carbonyl (C=O) groups is 2. The molecule has 4 heteroatoms. The molecule has 0 aliphatic carbocycles. The Kier molecular flexibility index (Phi) is 5.15. The summed E-state index contributed by atoms with van der Waals surface area (Å²) < 4.78 is 5.11. The Labute approximate surface area is 90.6 Å². The van der Waals surface area contributed by atoms with Gasteiger partial charge in [0.1, 0.15) is 6.04 Å². The fourth-order valence-electron chi connectivity index (χ4n) is 1.75. The molecular formula is C11H19NO3. The van der Waals surface area contributed by atoms with Gasteiger partial charge in [-0.05, 0) is 25.7 Å². The summed E-state index contributed by atoms with van der Waals surface area (Å²) in [6, 6.07) is -0.340. The van der Waals surface area contributed by atoms with E-state index >= 15 is 0 Å². The molecule has 0 saturated carbocycles. The van der Waals surface area contributed by atoms with Crippen LogP contribution in [0.5, 0.6) is 0 Å². The Balaban J connectivity index is 2.38. The van der Waals surface area contributed by atoms with Crippen LogP contribution in [0.4, 0.5) is 0 Å². The SMILES string of the molecule is CCCCOC(=O)C1CCCCN1C=O. The number of nitrogens with zero attached hydrogens (tertiary/aromatic N) is 1. The molecule has 0 spiro atoms. The molecule has 0 radical (unpaired) electrons. The van der Waals surface area contributed by atoms with Crippen LogP contribution in [-0.2, 0) is 14.3 Å². The van der Waals surface area contributed by atoms with Crippen LogP contribution >= 0.6 is 0 Å². The minimum atomic E-state index is -0.340. The molecule has 1 aliphatic rings. The predicted molar refractivity (Wildman–Crippen MR) is 56.3 cm³/mol. The highest BCUT2D eigenvalue weighted by Gasteiger charge is 2.28. The van der Waals surface area contributed by atoms with Crippen molar-refractivity contribution in [2.24, 2.45) is 0 Å². The highest BCUT2D eigenvalue weighted by molar-refractivity contribution is 5.78. The zero-order valence-corrected chi connectivity index (χ0v) is 9.28. The Morgan fingerprint density at radius 1 is 1.53 bits per heavy atom. The summed E-state index contributed by atoms with van der Waals surface area (Å²) in [6.07, 6.45) is 5.37. The first-order chi connectivity index (χ1) is 7.29. The van der Waals surface area contributed by atoms with Gasteiger partial charge in [-0.3, -0.25) is 4.79 Å². The number of ether oxygens (including phenoxy) is 1. The Bertz CT molecular complexity index is 218. The Morgan fingerprint density at radius 3 is 3.00 bits per heavy atom. The molecule has 1 amide bonds. The van der Waals surface area contributed by atoms with Crippen molar-refractivity contribution in [1.29, 1.82) is 0 Å². The number of esters is 1. The Morgan fingerprint density at radius 2 is 2.33 bits per heavy atom. The second-order valence-electron chi connectivity index (χ2n) is 3.88. The van der Waals surface area contributed by atoms with Crippen molar-refractivity contribution in [1.82, 2.24) is 4.90 Å². The second kappa shape index (κ2) is 6.43. The van der Waals surface area contributed by atoms with Gasteiger partial charge in [-0.2, -0.15) is 0 Å². The van der Waals surface area contributed by atoms with Crippen LogP contribution < -0.4 is 0 Å². The van der Waals surface area contributed by atoms with Gasteiger partial charge < -0.3 is 9.64 Å². The molecule has 1 fully saturated rings. The minimum absolute atomic E-state index is 0.241. The number of likely N-dealkylation sites (tertiary alicyclic amines) is 1. The van der Waals surface area contributed by atoms with Gasteiger partial charge in [0.05, 0.1) is 6.61 Å². The van der Waals surface area contributed by atoms with E-state index in [4.69, 9.17) is 4.74 Å². The van der Waals surface area contributed by atoms with Crippen molar-refractivity contribution in [3.05, 3.63) is 0 Å². The normalized spacial score (nSPS) is 21.1. The number of unbranched alkanes of at least 4 members (excludes halogenated alkanes) is 1. The number of piperidine rings is 1. The minimum Gasteiger partial charge on any atom is -0.464 e. The fraction of sp³-hybridized carbons (Fsp3) is 0.818. The van der Waals surface area contributed by atoms with E-state index in [0.717, 1.165) is 38.5 Å². The third-order valence-corrected chi connectivity index (χ3v) is 2.69. The first kappa shape index (κ1) is 12.0. The van der Waals surface area contributed by atoms with E-state index in [1.54, 1.807) is 4.90 Å². The lowest BCUT2D eigenvalue weighted by atomic mass is 10.0. The smallest absolute Gasteiger partial charge is 0.328 e. The molecular weight excluding hydrogens is 194 g/mol. The molecule has 1 heterocycles. The standard InChI is InChI=1S/C11H19NO3/c1-2-3-8-15-11(14)10-6-4-5-7-12(10)9-13/h9-10H,2-8H2,1H3. The first-order valence-corrected chi connectivity index (χ1v) is 5.67. The van der Waals surface area contributed by atoms with Gasteiger partial charge in [-0.15, -0.1) is 0 Å². The van der Waals surface area contributed by atoms with Crippen LogP contribution in [0.15, 0.2) is 0 Å². The zero-order chi connectivity index (χ0) is 11.1. The quantitative estimate of drug-likeness (QED) is 0.393. The molecule has 1 aliphatic heterocycles. The van der Waals surface area contributed by atoms with E-state index < -0.39 is 0 Å². The maximum absolute atomic E-state index is 11.6. The van der Waals surface area contributed by atoms with Gasteiger partial charge in [-0.25, -0.2) is 4.79 Å². The molecule has 0 bridgehead atoms. The van der Waals surface area contributed by atoms with Crippen LogP contribution in [0.25, 0.3) is 0 Å². The van der Waals surface area contributed by atoms with Gasteiger partial charge in [0.15, 0.2) is 0 Å². The lowest BCUT2D eigenvalue weighted by Gasteiger charge is -2.30. The number of hydrogen-bond donors (Lipinski definition) is 0. The topological polar surface area (TPSA) is 46.6 Å². The van der Waals surface area contributed by atoms with Crippen molar-refractivity contribution < 1.29 is 14.3 Å². The first-order valence-electron chi connectivity index (χ1n) is 5.67. The van der Waals surface area contributed by atoms with Crippen molar-refractivity contribution in [2.45, 2.75) is 45.1 Å². The van der Waals surface area contributed by atoms with Crippen LogP contribution in [0.1, 0.15) is 39.0 Å². The van der Waals surface area contributed by atoms with Gasteiger partial charge >= 0.3 is 5.97 Å². The van der Waals surface area contributed by atoms with E-state index in [2.05, 4.69) is 0 Å². The van der Waals surface area contributed by atoms with Crippen molar-refractivity contribution in [2.75, 3.05) is 13.2 Å². The number of carbonyl (C=O) groups excluding carboxylic acids is 2. The van der Waals surface area contributed by atoms with Crippen LogP contribution in [0.2, 0.25) is 0 Å². The van der Waals surface area contributed by atoms with Gasteiger partial charge in [0.2, 0.25) is 6.41 Å². The average Bonchev–Trinajstić information content (AvgIpc) is 2.29.